The molecule has 0 heterocycles. The molecule has 1 rings (SSSR count). The first kappa shape index (κ1) is 14.1. The second kappa shape index (κ2) is 5.60. The molecule has 5 heteroatoms. The quantitative estimate of drug-likeness (QED) is 0.877. The molecular weight excluding hydrogens is 287 g/mol. The Morgan fingerprint density at radius 1 is 1.53 bits per heavy atom. The Balaban J connectivity index is 2.60. The van der Waals surface area contributed by atoms with Crippen molar-refractivity contribution in [3.63, 3.8) is 0 Å². The van der Waals surface area contributed by atoms with Crippen molar-refractivity contribution in [2.24, 2.45) is 5.73 Å². The van der Waals surface area contributed by atoms with Crippen LogP contribution in [0.3, 0.4) is 0 Å². The number of benzene rings is 1. The maximum absolute atomic E-state index is 13.3. The Hall–Kier alpha value is -0.940. The molecule has 0 saturated carbocycles. The lowest BCUT2D eigenvalue weighted by Crippen LogP contribution is -2.42. The van der Waals surface area contributed by atoms with Crippen molar-refractivity contribution in [1.29, 1.82) is 0 Å². The minimum atomic E-state index is -0.393. The molecule has 0 aliphatic heterocycles. The van der Waals surface area contributed by atoms with Gasteiger partial charge in [0.2, 0.25) is 5.91 Å². The topological polar surface area (TPSA) is 55.1 Å². The molecule has 0 spiro atoms. The summed E-state index contributed by atoms with van der Waals surface area (Å²) in [7, 11) is 0. The van der Waals surface area contributed by atoms with Crippen molar-refractivity contribution >= 4 is 21.8 Å². The number of nitrogens with two attached hydrogens (primary N) is 1. The fourth-order valence-corrected chi connectivity index (χ4v) is 1.74. The molecule has 0 aliphatic rings. The van der Waals surface area contributed by atoms with Crippen LogP contribution in [0.5, 0.6) is 0 Å². The third kappa shape index (κ3) is 4.83. The maximum atomic E-state index is 13.3. The van der Waals surface area contributed by atoms with E-state index in [2.05, 4.69) is 21.2 Å². The summed E-state index contributed by atoms with van der Waals surface area (Å²) in [6.07, 6.45) is 0.242. The highest BCUT2D eigenvalue weighted by atomic mass is 79.9. The minimum absolute atomic E-state index is 0.242. The largest absolute Gasteiger partial charge is 0.370 e. The Morgan fingerprint density at radius 2 is 2.18 bits per heavy atom. The average Bonchev–Trinajstić information content (AvgIpc) is 2.18. The number of carbonyl (C=O) groups is 1. The van der Waals surface area contributed by atoms with E-state index in [9.17, 15) is 9.18 Å². The molecule has 1 amide bonds. The Bertz CT molecular complexity index is 421. The van der Waals surface area contributed by atoms with Gasteiger partial charge in [-0.15, -0.1) is 0 Å². The van der Waals surface area contributed by atoms with Gasteiger partial charge in [-0.3, -0.25) is 4.79 Å². The normalized spacial score (nSPS) is 11.5. The summed E-state index contributed by atoms with van der Waals surface area (Å²) in [6.45, 7) is 4.25. The second-order valence-corrected chi connectivity index (χ2v) is 5.48. The van der Waals surface area contributed by atoms with E-state index in [4.69, 9.17) is 5.73 Å². The number of nitrogens with one attached hydrogen (secondary N) is 1. The predicted octanol–water partition coefficient (Wildman–Crippen LogP) is 2.33. The lowest BCUT2D eigenvalue weighted by Gasteiger charge is -2.24. The van der Waals surface area contributed by atoms with Crippen molar-refractivity contribution < 1.29 is 9.18 Å². The first-order valence-corrected chi connectivity index (χ1v) is 6.07. The van der Waals surface area contributed by atoms with Crippen molar-refractivity contribution in [3.05, 3.63) is 34.1 Å². The van der Waals surface area contributed by atoms with Crippen LogP contribution in [-0.4, -0.2) is 11.4 Å². The molecular formula is C12H16BrFN2O. The molecule has 0 atom stereocenters. The Kier molecular flexibility index (Phi) is 4.65. The van der Waals surface area contributed by atoms with Crippen molar-refractivity contribution in [2.75, 3.05) is 0 Å². The van der Waals surface area contributed by atoms with E-state index in [1.165, 1.54) is 6.07 Å². The van der Waals surface area contributed by atoms with E-state index in [1.807, 2.05) is 19.9 Å². The zero-order valence-corrected chi connectivity index (χ0v) is 11.5. The number of hydrogen-bond donors (Lipinski definition) is 2. The van der Waals surface area contributed by atoms with Gasteiger partial charge in [-0.25, -0.2) is 4.39 Å². The molecule has 0 saturated heterocycles. The summed E-state index contributed by atoms with van der Waals surface area (Å²) in [6, 6.07) is 4.94. The van der Waals surface area contributed by atoms with Crippen LogP contribution in [0.4, 0.5) is 4.39 Å². The van der Waals surface area contributed by atoms with Crippen molar-refractivity contribution in [3.8, 4) is 0 Å². The van der Waals surface area contributed by atoms with Crippen molar-refractivity contribution in [1.82, 2.24) is 5.32 Å². The smallest absolute Gasteiger partial charge is 0.219 e. The molecule has 1 aromatic carbocycles. The summed E-state index contributed by atoms with van der Waals surface area (Å²) in [5.41, 5.74) is 5.58. The molecule has 0 bridgehead atoms. The number of rotatable bonds is 5. The van der Waals surface area contributed by atoms with E-state index in [1.54, 1.807) is 6.07 Å². The van der Waals surface area contributed by atoms with E-state index in [0.717, 1.165) is 5.56 Å². The lowest BCUT2D eigenvalue weighted by molar-refractivity contribution is -0.119. The summed E-state index contributed by atoms with van der Waals surface area (Å²) < 4.78 is 13.7. The summed E-state index contributed by atoms with van der Waals surface area (Å²) in [5, 5.41) is 3.17. The van der Waals surface area contributed by atoms with Gasteiger partial charge in [-0.05, 0) is 47.5 Å². The van der Waals surface area contributed by atoms with Gasteiger partial charge in [0.15, 0.2) is 0 Å². The van der Waals surface area contributed by atoms with Crippen LogP contribution in [0.25, 0.3) is 0 Å². The molecule has 0 aromatic heterocycles. The van der Waals surface area contributed by atoms with Gasteiger partial charge in [0.25, 0.3) is 0 Å². The van der Waals surface area contributed by atoms with E-state index in [-0.39, 0.29) is 18.1 Å². The van der Waals surface area contributed by atoms with Crippen LogP contribution in [0.2, 0.25) is 0 Å². The Labute approximate surface area is 109 Å². The summed E-state index contributed by atoms with van der Waals surface area (Å²) in [5.74, 6) is -0.651. The highest BCUT2D eigenvalue weighted by molar-refractivity contribution is 9.10. The zero-order chi connectivity index (χ0) is 13.1. The van der Waals surface area contributed by atoms with Crippen molar-refractivity contribution in [2.45, 2.75) is 32.4 Å². The number of halogens is 2. The van der Waals surface area contributed by atoms with E-state index in [0.29, 0.717) is 11.0 Å². The molecule has 3 N–H and O–H groups in total. The molecule has 0 radical (unpaired) electrons. The number of carbonyl (C=O) groups excluding carboxylic acids is 1. The minimum Gasteiger partial charge on any atom is -0.370 e. The molecule has 3 nitrogen and oxygen atoms in total. The molecule has 0 fully saturated rings. The highest BCUT2D eigenvalue weighted by Gasteiger charge is 2.19. The predicted molar refractivity (Wildman–Crippen MR) is 68.8 cm³/mol. The first-order chi connectivity index (χ1) is 7.80. The maximum Gasteiger partial charge on any atom is 0.219 e. The van der Waals surface area contributed by atoms with Crippen LogP contribution < -0.4 is 11.1 Å². The van der Waals surface area contributed by atoms with Gasteiger partial charge in [-0.1, -0.05) is 6.07 Å². The first-order valence-electron chi connectivity index (χ1n) is 5.27. The zero-order valence-electron chi connectivity index (χ0n) is 9.89. The molecule has 0 unspecified atom stereocenters. The van der Waals surface area contributed by atoms with Gasteiger partial charge in [-0.2, -0.15) is 0 Å². The van der Waals surface area contributed by atoms with Gasteiger partial charge in [0.05, 0.1) is 4.47 Å². The third-order valence-electron chi connectivity index (χ3n) is 2.37. The average molecular weight is 303 g/mol. The van der Waals surface area contributed by atoms with Gasteiger partial charge in [0, 0.05) is 18.5 Å². The summed E-state index contributed by atoms with van der Waals surface area (Å²) >= 11 is 3.10. The highest BCUT2D eigenvalue weighted by Crippen LogP contribution is 2.17. The van der Waals surface area contributed by atoms with Gasteiger partial charge in [0.1, 0.15) is 5.82 Å². The van der Waals surface area contributed by atoms with Gasteiger partial charge < -0.3 is 11.1 Å². The molecule has 0 aliphatic carbocycles. The molecule has 1 aromatic rings. The van der Waals surface area contributed by atoms with Crippen LogP contribution in [0.15, 0.2) is 22.7 Å². The Morgan fingerprint density at radius 3 is 2.71 bits per heavy atom. The molecule has 17 heavy (non-hydrogen) atoms. The van der Waals surface area contributed by atoms with E-state index < -0.39 is 5.54 Å². The van der Waals surface area contributed by atoms with Crippen LogP contribution in [0.1, 0.15) is 25.8 Å². The number of hydrogen-bond acceptors (Lipinski definition) is 2. The standard InChI is InChI=1S/C12H16BrFN2O/c1-12(2,6-11(15)17)16-7-8-3-4-9(13)10(14)5-8/h3-5,16H,6-7H2,1-2H3,(H2,15,17). The number of primary amides is 1. The second-order valence-electron chi connectivity index (χ2n) is 4.63. The van der Waals surface area contributed by atoms with Crippen LogP contribution >= 0.6 is 15.9 Å². The monoisotopic (exact) mass is 302 g/mol. The lowest BCUT2D eigenvalue weighted by atomic mass is 10.00. The number of amides is 1. The SMILES string of the molecule is CC(C)(CC(N)=O)NCc1ccc(Br)c(F)c1. The van der Waals surface area contributed by atoms with E-state index >= 15 is 0 Å². The fourth-order valence-electron chi connectivity index (χ4n) is 1.49. The van der Waals surface area contributed by atoms with Gasteiger partial charge >= 0.3 is 0 Å². The molecule has 94 valence electrons. The third-order valence-corrected chi connectivity index (χ3v) is 3.01. The van der Waals surface area contributed by atoms with Crippen LogP contribution in [0, 0.1) is 5.82 Å². The van der Waals surface area contributed by atoms with Crippen LogP contribution in [-0.2, 0) is 11.3 Å². The summed E-state index contributed by atoms with van der Waals surface area (Å²) in [4.78, 5) is 10.8. The fraction of sp³-hybridized carbons (Fsp3) is 0.417.